The van der Waals surface area contributed by atoms with Gasteiger partial charge in [0.05, 0.1) is 40.6 Å². The van der Waals surface area contributed by atoms with Crippen molar-refractivity contribution in [3.63, 3.8) is 0 Å². The fourth-order valence-corrected chi connectivity index (χ4v) is 6.67. The highest BCUT2D eigenvalue weighted by molar-refractivity contribution is 14.1. The molecule has 2 aliphatic rings. The summed E-state index contributed by atoms with van der Waals surface area (Å²) < 4.78 is 42.4. The average Bonchev–Trinajstić information content (AvgIpc) is 3.09. The summed E-state index contributed by atoms with van der Waals surface area (Å²) >= 11 is 2.30. The Morgan fingerprint density at radius 1 is 0.673 bits per heavy atom. The molecule has 260 valence electrons. The fourth-order valence-electron chi connectivity index (χ4n) is 5.95. The predicted molar refractivity (Wildman–Crippen MR) is 197 cm³/mol. The molecular weight excluding hydrogens is 735 g/mol. The van der Waals surface area contributed by atoms with Crippen LogP contribution in [-0.4, -0.2) is 45.8 Å². The molecule has 8 nitrogen and oxygen atoms in total. The van der Waals surface area contributed by atoms with Gasteiger partial charge in [-0.15, -0.1) is 0 Å². The Morgan fingerprint density at radius 3 is 1.94 bits per heavy atom. The monoisotopic (exact) mass is 780 g/mol. The number of methoxy groups -OCH3 is 2. The van der Waals surface area contributed by atoms with Gasteiger partial charge in [0.25, 0.3) is 0 Å². The molecule has 0 bridgehead atoms. The smallest absolute Gasteiger partial charge is 0.185 e. The van der Waals surface area contributed by atoms with Gasteiger partial charge in [0.15, 0.2) is 24.1 Å². The van der Waals surface area contributed by atoms with Crippen LogP contribution in [0.3, 0.4) is 0 Å². The van der Waals surface area contributed by atoms with Gasteiger partial charge in [0.2, 0.25) is 0 Å². The molecule has 1 N–H and O–H groups in total. The van der Waals surface area contributed by atoms with Crippen molar-refractivity contribution in [3.8, 4) is 39.9 Å². The molecule has 2 heterocycles. The van der Waals surface area contributed by atoms with Crippen LogP contribution in [0.25, 0.3) is 11.1 Å². The van der Waals surface area contributed by atoms with Gasteiger partial charge in [-0.25, -0.2) is 0 Å². The lowest BCUT2D eigenvalue weighted by Crippen LogP contribution is -2.34. The number of hydrogen-bond acceptors (Lipinski definition) is 8. The van der Waals surface area contributed by atoms with E-state index in [2.05, 4.69) is 62.4 Å². The second-order valence-corrected chi connectivity index (χ2v) is 15.5. The van der Waals surface area contributed by atoms with E-state index in [1.54, 1.807) is 20.3 Å². The van der Waals surface area contributed by atoms with Crippen LogP contribution in [-0.2, 0) is 31.8 Å². The van der Waals surface area contributed by atoms with Crippen molar-refractivity contribution in [2.45, 2.75) is 53.1 Å². The SMILES string of the molecule is COc1ccc(-c2cc(I)c(C3OCC(C)(C)CO3)cc2O)c(CCc2ccc(Oc3cc(C4OCC(C)(C)CO4)ccc3OC)cc2)c1. The maximum atomic E-state index is 11.3. The zero-order valence-corrected chi connectivity index (χ0v) is 31.2. The fraction of sp³-hybridized carbons (Fsp3) is 0.400. The minimum Gasteiger partial charge on any atom is -0.507 e. The molecule has 4 aromatic carbocycles. The summed E-state index contributed by atoms with van der Waals surface area (Å²) in [7, 11) is 3.29. The third kappa shape index (κ3) is 8.52. The van der Waals surface area contributed by atoms with Crippen LogP contribution in [0.2, 0.25) is 0 Å². The Bertz CT molecular complexity index is 1750. The zero-order valence-electron chi connectivity index (χ0n) is 29.0. The Balaban J connectivity index is 1.16. The average molecular weight is 781 g/mol. The Morgan fingerprint density at radius 2 is 1.31 bits per heavy atom. The number of phenols is 1. The summed E-state index contributed by atoms with van der Waals surface area (Å²) in [5, 5.41) is 11.3. The quantitative estimate of drug-likeness (QED) is 0.160. The van der Waals surface area contributed by atoms with Crippen molar-refractivity contribution >= 4 is 22.6 Å². The molecule has 0 atom stereocenters. The normalized spacial score (nSPS) is 17.9. The van der Waals surface area contributed by atoms with Gasteiger partial charge in [-0.3, -0.25) is 0 Å². The minimum absolute atomic E-state index is 0.0117. The van der Waals surface area contributed by atoms with E-state index < -0.39 is 12.6 Å². The molecule has 0 unspecified atom stereocenters. The summed E-state index contributed by atoms with van der Waals surface area (Å²) in [4.78, 5) is 0. The van der Waals surface area contributed by atoms with Crippen LogP contribution < -0.4 is 14.2 Å². The third-order valence-corrected chi connectivity index (χ3v) is 9.70. The molecule has 4 aromatic rings. The number of aryl methyl sites for hydroxylation is 2. The minimum atomic E-state index is -0.500. The van der Waals surface area contributed by atoms with Gasteiger partial charge in [-0.2, -0.15) is 0 Å². The highest BCUT2D eigenvalue weighted by Crippen LogP contribution is 2.41. The van der Waals surface area contributed by atoms with Crippen LogP contribution in [0.15, 0.2) is 72.8 Å². The molecule has 0 amide bonds. The highest BCUT2D eigenvalue weighted by Gasteiger charge is 2.31. The predicted octanol–water partition coefficient (Wildman–Crippen LogP) is 9.40. The molecule has 49 heavy (non-hydrogen) atoms. The summed E-state index contributed by atoms with van der Waals surface area (Å²) in [6.45, 7) is 10.9. The molecule has 0 saturated carbocycles. The van der Waals surface area contributed by atoms with E-state index in [1.807, 2.05) is 54.6 Å². The van der Waals surface area contributed by atoms with Gasteiger partial charge in [0.1, 0.15) is 17.2 Å². The number of benzene rings is 4. The number of hydrogen-bond donors (Lipinski definition) is 1. The topological polar surface area (TPSA) is 84.8 Å². The summed E-state index contributed by atoms with van der Waals surface area (Å²) in [5.74, 6) is 2.87. The number of halogens is 1. The Hall–Kier alpha value is -3.35. The molecule has 9 heteroatoms. The van der Waals surface area contributed by atoms with Crippen LogP contribution in [0, 0.1) is 14.4 Å². The van der Waals surface area contributed by atoms with Gasteiger partial charge < -0.3 is 38.3 Å². The van der Waals surface area contributed by atoms with Crippen LogP contribution in [0.5, 0.6) is 28.7 Å². The van der Waals surface area contributed by atoms with Crippen molar-refractivity contribution in [2.24, 2.45) is 10.8 Å². The van der Waals surface area contributed by atoms with Crippen molar-refractivity contribution < 1.29 is 38.3 Å². The lowest BCUT2D eigenvalue weighted by atomic mass is 9.93. The molecule has 2 fully saturated rings. The Kier molecular flexibility index (Phi) is 10.8. The first-order chi connectivity index (χ1) is 23.4. The van der Waals surface area contributed by atoms with Gasteiger partial charge in [-0.1, -0.05) is 52.0 Å². The van der Waals surface area contributed by atoms with E-state index in [0.717, 1.165) is 55.5 Å². The van der Waals surface area contributed by atoms with E-state index in [9.17, 15) is 5.11 Å². The van der Waals surface area contributed by atoms with E-state index in [-0.39, 0.29) is 16.6 Å². The van der Waals surface area contributed by atoms with Crippen LogP contribution in [0.4, 0.5) is 0 Å². The first kappa shape index (κ1) is 35.5. The highest BCUT2D eigenvalue weighted by atomic mass is 127. The zero-order chi connectivity index (χ0) is 34.8. The van der Waals surface area contributed by atoms with Gasteiger partial charge in [0, 0.05) is 31.1 Å². The van der Waals surface area contributed by atoms with Crippen molar-refractivity contribution in [2.75, 3.05) is 40.6 Å². The van der Waals surface area contributed by atoms with E-state index in [4.69, 9.17) is 33.2 Å². The molecule has 6 rings (SSSR count). The summed E-state index contributed by atoms with van der Waals surface area (Å²) in [6.07, 6.45) is 0.574. The summed E-state index contributed by atoms with van der Waals surface area (Å²) in [6, 6.07) is 23.6. The van der Waals surface area contributed by atoms with Crippen molar-refractivity contribution in [3.05, 3.63) is 98.6 Å². The van der Waals surface area contributed by atoms with E-state index >= 15 is 0 Å². The van der Waals surface area contributed by atoms with E-state index in [0.29, 0.717) is 43.7 Å². The standard InChI is InChI=1S/C40H45IO8/c1-39(2)21-45-37(46-22-39)27-11-16-35(44-6)36(18-27)49-28-12-8-25(9-13-28)7-10-26-17-29(43-5)14-15-30(26)31-19-33(41)32(20-34(31)42)38-47-23-40(3,4)24-48-38/h8-9,11-20,37-38,42H,7,10,21-24H2,1-6H3. The second-order valence-electron chi connectivity index (χ2n) is 14.3. The third-order valence-electron chi connectivity index (χ3n) is 8.77. The molecule has 0 radical (unpaired) electrons. The first-order valence-electron chi connectivity index (χ1n) is 16.5. The maximum Gasteiger partial charge on any atom is 0.185 e. The molecule has 0 spiro atoms. The van der Waals surface area contributed by atoms with Crippen LogP contribution >= 0.6 is 22.6 Å². The summed E-state index contributed by atoms with van der Waals surface area (Å²) in [5.41, 5.74) is 5.60. The Labute approximate surface area is 302 Å². The van der Waals surface area contributed by atoms with Gasteiger partial charge in [-0.05, 0) is 101 Å². The van der Waals surface area contributed by atoms with Crippen molar-refractivity contribution in [1.82, 2.24) is 0 Å². The maximum absolute atomic E-state index is 11.3. The lowest BCUT2D eigenvalue weighted by molar-refractivity contribution is -0.226. The van der Waals surface area contributed by atoms with E-state index in [1.165, 1.54) is 0 Å². The number of phenolic OH excluding ortho intramolecular Hbond substituents is 1. The molecule has 0 aromatic heterocycles. The number of ether oxygens (including phenoxy) is 7. The van der Waals surface area contributed by atoms with Crippen LogP contribution in [0.1, 0.15) is 62.5 Å². The lowest BCUT2D eigenvalue weighted by Gasteiger charge is -2.35. The number of aromatic hydroxyl groups is 1. The molecule has 2 aliphatic heterocycles. The number of rotatable bonds is 10. The first-order valence-corrected chi connectivity index (χ1v) is 17.6. The second kappa shape index (κ2) is 14.9. The van der Waals surface area contributed by atoms with Crippen molar-refractivity contribution in [1.29, 1.82) is 0 Å². The van der Waals surface area contributed by atoms with Gasteiger partial charge >= 0.3 is 0 Å². The molecular formula is C40H45IO8. The largest absolute Gasteiger partial charge is 0.507 e. The molecule has 0 aliphatic carbocycles. The molecule has 2 saturated heterocycles.